The van der Waals surface area contributed by atoms with Gasteiger partial charge in [0.1, 0.15) is 12.2 Å². The first-order chi connectivity index (χ1) is 9.01. The van der Waals surface area contributed by atoms with Crippen LogP contribution in [0.15, 0.2) is 0 Å². The number of hydrogen-bond acceptors (Lipinski definition) is 4. The van der Waals surface area contributed by atoms with Crippen molar-refractivity contribution < 1.29 is 19.1 Å². The van der Waals surface area contributed by atoms with Crippen molar-refractivity contribution in [2.75, 3.05) is 0 Å². The molecule has 2 atom stereocenters. The van der Waals surface area contributed by atoms with E-state index in [2.05, 4.69) is 0 Å². The van der Waals surface area contributed by atoms with E-state index in [1.165, 1.54) is 0 Å². The zero-order chi connectivity index (χ0) is 14.3. The molecule has 110 valence electrons. The lowest BCUT2D eigenvalue weighted by molar-refractivity contribution is -0.159. The van der Waals surface area contributed by atoms with E-state index in [0.29, 0.717) is 25.2 Å². The van der Waals surface area contributed by atoms with Gasteiger partial charge in [-0.05, 0) is 31.6 Å². The second-order valence-electron chi connectivity index (χ2n) is 5.74. The van der Waals surface area contributed by atoms with Gasteiger partial charge >= 0.3 is 11.9 Å². The highest BCUT2D eigenvalue weighted by Gasteiger charge is 2.27. The first-order valence-corrected chi connectivity index (χ1v) is 7.40. The summed E-state index contributed by atoms with van der Waals surface area (Å²) in [7, 11) is 0. The van der Waals surface area contributed by atoms with Gasteiger partial charge in [-0.3, -0.25) is 9.59 Å². The Bertz CT molecular complexity index is 299. The predicted molar refractivity (Wildman–Crippen MR) is 72.6 cm³/mol. The Hall–Kier alpha value is -1.06. The van der Waals surface area contributed by atoms with Crippen molar-refractivity contribution in [1.82, 2.24) is 0 Å². The number of rotatable bonds is 6. The zero-order valence-electron chi connectivity index (χ0n) is 12.3. The maximum Gasteiger partial charge on any atom is 0.306 e. The molecule has 0 radical (unpaired) electrons. The summed E-state index contributed by atoms with van der Waals surface area (Å²) in [6, 6.07) is 0. The van der Waals surface area contributed by atoms with E-state index in [0.717, 1.165) is 25.7 Å². The molecule has 0 aliphatic heterocycles. The fourth-order valence-electron chi connectivity index (χ4n) is 2.33. The minimum atomic E-state index is -0.138. The van der Waals surface area contributed by atoms with E-state index in [1.807, 2.05) is 20.8 Å². The molecule has 4 nitrogen and oxygen atoms in total. The first kappa shape index (κ1) is 16.0. The summed E-state index contributed by atoms with van der Waals surface area (Å²) >= 11 is 0. The molecule has 1 fully saturated rings. The summed E-state index contributed by atoms with van der Waals surface area (Å²) in [5.74, 6) is 0.0384. The van der Waals surface area contributed by atoms with Crippen LogP contribution in [0.3, 0.4) is 0 Å². The van der Waals surface area contributed by atoms with Crippen LogP contribution in [0, 0.1) is 5.92 Å². The summed E-state index contributed by atoms with van der Waals surface area (Å²) < 4.78 is 10.8. The summed E-state index contributed by atoms with van der Waals surface area (Å²) in [4.78, 5) is 23.1. The fourth-order valence-corrected chi connectivity index (χ4v) is 2.33. The van der Waals surface area contributed by atoms with Gasteiger partial charge in [0.15, 0.2) is 0 Å². The molecule has 0 spiro atoms. The van der Waals surface area contributed by atoms with Crippen molar-refractivity contribution in [3.05, 3.63) is 0 Å². The molecule has 0 aromatic heterocycles. The Morgan fingerprint density at radius 2 is 1.68 bits per heavy atom. The number of esters is 2. The lowest BCUT2D eigenvalue weighted by atomic mass is 9.94. The van der Waals surface area contributed by atoms with Crippen LogP contribution in [0.1, 0.15) is 65.7 Å². The monoisotopic (exact) mass is 270 g/mol. The minimum Gasteiger partial charge on any atom is -0.462 e. The van der Waals surface area contributed by atoms with Crippen molar-refractivity contribution in [1.29, 1.82) is 0 Å². The number of ether oxygens (including phenoxy) is 2. The van der Waals surface area contributed by atoms with Crippen LogP contribution in [0.25, 0.3) is 0 Å². The lowest BCUT2D eigenvalue weighted by Gasteiger charge is -2.28. The molecular formula is C15H26O4. The van der Waals surface area contributed by atoms with Crippen LogP contribution in [-0.2, 0) is 19.1 Å². The molecule has 0 bridgehead atoms. The van der Waals surface area contributed by atoms with Crippen molar-refractivity contribution in [2.45, 2.75) is 77.9 Å². The van der Waals surface area contributed by atoms with Gasteiger partial charge in [0.25, 0.3) is 0 Å². The van der Waals surface area contributed by atoms with Crippen LogP contribution in [0.5, 0.6) is 0 Å². The van der Waals surface area contributed by atoms with Gasteiger partial charge in [-0.25, -0.2) is 0 Å². The quantitative estimate of drug-likeness (QED) is 0.695. The highest BCUT2D eigenvalue weighted by molar-refractivity contribution is 5.70. The van der Waals surface area contributed by atoms with Gasteiger partial charge in [0.05, 0.1) is 0 Å². The Labute approximate surface area is 115 Å². The zero-order valence-corrected chi connectivity index (χ0v) is 12.3. The van der Waals surface area contributed by atoms with Gasteiger partial charge in [0, 0.05) is 19.3 Å². The number of hydrogen-bond donors (Lipinski definition) is 0. The van der Waals surface area contributed by atoms with Crippen molar-refractivity contribution in [3.8, 4) is 0 Å². The van der Waals surface area contributed by atoms with Gasteiger partial charge in [-0.15, -0.1) is 0 Å². The van der Waals surface area contributed by atoms with E-state index in [9.17, 15) is 9.59 Å². The molecule has 2 unspecified atom stereocenters. The van der Waals surface area contributed by atoms with E-state index < -0.39 is 0 Å². The van der Waals surface area contributed by atoms with Crippen molar-refractivity contribution >= 4 is 11.9 Å². The van der Waals surface area contributed by atoms with E-state index >= 15 is 0 Å². The Morgan fingerprint density at radius 3 is 2.21 bits per heavy atom. The average Bonchev–Trinajstić information content (AvgIpc) is 2.28. The second-order valence-corrected chi connectivity index (χ2v) is 5.74. The third-order valence-electron chi connectivity index (χ3n) is 3.20. The molecule has 0 N–H and O–H groups in total. The van der Waals surface area contributed by atoms with Gasteiger partial charge in [0.2, 0.25) is 0 Å². The summed E-state index contributed by atoms with van der Waals surface area (Å²) in [6.07, 6.45) is 4.93. The van der Waals surface area contributed by atoms with Crippen LogP contribution < -0.4 is 0 Å². The topological polar surface area (TPSA) is 52.6 Å². The number of carbonyl (C=O) groups is 2. The molecule has 1 aliphatic rings. The van der Waals surface area contributed by atoms with E-state index in [4.69, 9.17) is 9.47 Å². The van der Waals surface area contributed by atoms with Gasteiger partial charge < -0.3 is 9.47 Å². The molecule has 4 heteroatoms. The molecule has 1 saturated carbocycles. The van der Waals surface area contributed by atoms with Gasteiger partial charge in [-0.2, -0.15) is 0 Å². The smallest absolute Gasteiger partial charge is 0.306 e. The molecular weight excluding hydrogens is 244 g/mol. The predicted octanol–water partition coefficient (Wildman–Crippen LogP) is 3.23. The van der Waals surface area contributed by atoms with Gasteiger partial charge in [-0.1, -0.05) is 20.8 Å². The number of carbonyl (C=O) groups excluding carboxylic acids is 2. The van der Waals surface area contributed by atoms with E-state index in [-0.39, 0.29) is 24.1 Å². The highest BCUT2D eigenvalue weighted by atomic mass is 16.6. The largest absolute Gasteiger partial charge is 0.462 e. The molecule has 1 rings (SSSR count). The summed E-state index contributed by atoms with van der Waals surface area (Å²) in [6.45, 7) is 5.95. The van der Waals surface area contributed by atoms with Crippen LogP contribution >= 0.6 is 0 Å². The van der Waals surface area contributed by atoms with Crippen molar-refractivity contribution in [2.24, 2.45) is 5.92 Å². The second kappa shape index (κ2) is 8.18. The first-order valence-electron chi connectivity index (χ1n) is 7.40. The normalized spacial score (nSPS) is 23.2. The Balaban J connectivity index is 2.33. The molecule has 0 aromatic carbocycles. The standard InChI is InChI=1S/C15H26O4/c1-4-6-14(16)18-12-7-5-8-13(10-12)19-15(17)9-11(2)3/h11-13H,4-10H2,1-3H3. The van der Waals surface area contributed by atoms with Crippen molar-refractivity contribution in [3.63, 3.8) is 0 Å². The third-order valence-corrected chi connectivity index (χ3v) is 3.20. The molecule has 0 amide bonds. The SMILES string of the molecule is CCCC(=O)OC1CCCC(OC(=O)CC(C)C)C1. The maximum atomic E-state index is 11.6. The van der Waals surface area contributed by atoms with Crippen LogP contribution in [-0.4, -0.2) is 24.1 Å². The lowest BCUT2D eigenvalue weighted by Crippen LogP contribution is -2.31. The Morgan fingerprint density at radius 1 is 1.11 bits per heavy atom. The molecule has 0 saturated heterocycles. The van der Waals surface area contributed by atoms with Crippen LogP contribution in [0.2, 0.25) is 0 Å². The highest BCUT2D eigenvalue weighted by Crippen LogP contribution is 2.24. The molecule has 0 aromatic rings. The average molecular weight is 270 g/mol. The molecule has 1 aliphatic carbocycles. The summed E-state index contributed by atoms with van der Waals surface area (Å²) in [5.41, 5.74) is 0. The molecule has 19 heavy (non-hydrogen) atoms. The van der Waals surface area contributed by atoms with Crippen LogP contribution in [0.4, 0.5) is 0 Å². The molecule has 0 heterocycles. The van der Waals surface area contributed by atoms with E-state index in [1.54, 1.807) is 0 Å². The third kappa shape index (κ3) is 6.60. The minimum absolute atomic E-state index is 0.0790. The fraction of sp³-hybridized carbons (Fsp3) is 0.867. The maximum absolute atomic E-state index is 11.6. The Kier molecular flexibility index (Phi) is 6.89. The summed E-state index contributed by atoms with van der Waals surface area (Å²) in [5, 5.41) is 0.